The minimum Gasteiger partial charge on any atom is -0.478 e. The van der Waals surface area contributed by atoms with E-state index in [0.717, 1.165) is 18.4 Å². The lowest BCUT2D eigenvalue weighted by Crippen LogP contribution is -2.23. The standard InChI is InChI=1S/C15H19N3O2/c1-2-10-6-3-4-8-12(10)18-13-9-5-7-11(15(19)20)14(13)16-17-18/h5,7,9-10,12H,2-4,6,8H2,1H3,(H,19,20). The highest BCUT2D eigenvalue weighted by Crippen LogP contribution is 2.37. The van der Waals surface area contributed by atoms with Crippen molar-refractivity contribution in [3.63, 3.8) is 0 Å². The molecule has 3 rings (SSSR count). The number of nitrogens with zero attached hydrogens (tertiary/aromatic N) is 3. The number of hydrogen-bond acceptors (Lipinski definition) is 3. The largest absolute Gasteiger partial charge is 0.478 e. The molecule has 20 heavy (non-hydrogen) atoms. The average molecular weight is 273 g/mol. The van der Waals surface area contributed by atoms with Gasteiger partial charge in [0.2, 0.25) is 0 Å². The summed E-state index contributed by atoms with van der Waals surface area (Å²) < 4.78 is 1.95. The molecule has 1 aromatic carbocycles. The number of carboxylic acid groups (broad SMARTS) is 1. The summed E-state index contributed by atoms with van der Waals surface area (Å²) in [6, 6.07) is 5.63. The maximum absolute atomic E-state index is 11.2. The van der Waals surface area contributed by atoms with Gasteiger partial charge in [0.1, 0.15) is 5.52 Å². The van der Waals surface area contributed by atoms with Gasteiger partial charge in [-0.05, 0) is 30.9 Å². The summed E-state index contributed by atoms with van der Waals surface area (Å²) in [7, 11) is 0. The number of fused-ring (bicyclic) bond motifs is 1. The summed E-state index contributed by atoms with van der Waals surface area (Å²) in [6.45, 7) is 2.21. The van der Waals surface area contributed by atoms with Crippen LogP contribution in [0, 0.1) is 5.92 Å². The molecular weight excluding hydrogens is 254 g/mol. The molecule has 1 aliphatic carbocycles. The van der Waals surface area contributed by atoms with Crippen molar-refractivity contribution < 1.29 is 9.90 Å². The smallest absolute Gasteiger partial charge is 0.338 e. The minimum absolute atomic E-state index is 0.234. The second-order valence-electron chi connectivity index (χ2n) is 5.53. The Labute approximate surface area is 117 Å². The predicted octanol–water partition coefficient (Wildman–Crippen LogP) is 3.27. The Morgan fingerprint density at radius 3 is 2.95 bits per heavy atom. The molecule has 106 valence electrons. The van der Waals surface area contributed by atoms with E-state index in [4.69, 9.17) is 0 Å². The van der Waals surface area contributed by atoms with Crippen LogP contribution in [0.1, 0.15) is 55.4 Å². The van der Waals surface area contributed by atoms with Crippen LogP contribution < -0.4 is 0 Å². The zero-order valence-electron chi connectivity index (χ0n) is 11.6. The van der Waals surface area contributed by atoms with Gasteiger partial charge in [-0.3, -0.25) is 0 Å². The number of aromatic carboxylic acids is 1. The Bertz CT molecular complexity index is 635. The van der Waals surface area contributed by atoms with Crippen LogP contribution in [0.15, 0.2) is 18.2 Å². The van der Waals surface area contributed by atoms with Gasteiger partial charge in [-0.1, -0.05) is 37.5 Å². The first-order chi connectivity index (χ1) is 9.72. The second kappa shape index (κ2) is 5.23. The van der Waals surface area contributed by atoms with E-state index in [1.807, 2.05) is 10.7 Å². The lowest BCUT2D eigenvalue weighted by atomic mass is 9.83. The SMILES string of the molecule is CCC1CCCCC1n1nnc2c(C(=O)O)cccc21. The summed E-state index contributed by atoms with van der Waals surface area (Å²) in [4.78, 5) is 11.2. The Kier molecular flexibility index (Phi) is 3.42. The van der Waals surface area contributed by atoms with Crippen molar-refractivity contribution >= 4 is 17.0 Å². The fraction of sp³-hybridized carbons (Fsp3) is 0.533. The molecule has 0 radical (unpaired) electrons. The number of carbonyl (C=O) groups is 1. The van der Waals surface area contributed by atoms with E-state index in [2.05, 4.69) is 17.2 Å². The normalized spacial score (nSPS) is 23.1. The molecule has 1 saturated carbocycles. The molecular formula is C15H19N3O2. The molecule has 0 spiro atoms. The first-order valence-corrected chi connectivity index (χ1v) is 7.29. The molecule has 0 saturated heterocycles. The zero-order chi connectivity index (χ0) is 14.1. The topological polar surface area (TPSA) is 68.0 Å². The molecule has 0 amide bonds. The van der Waals surface area contributed by atoms with E-state index < -0.39 is 5.97 Å². The van der Waals surface area contributed by atoms with Crippen LogP contribution >= 0.6 is 0 Å². The van der Waals surface area contributed by atoms with Crippen LogP contribution in [0.5, 0.6) is 0 Å². The van der Waals surface area contributed by atoms with Crippen LogP contribution in [0.3, 0.4) is 0 Å². The number of hydrogen-bond donors (Lipinski definition) is 1. The van der Waals surface area contributed by atoms with Crippen LogP contribution in [-0.4, -0.2) is 26.1 Å². The van der Waals surface area contributed by atoms with Crippen molar-refractivity contribution in [3.05, 3.63) is 23.8 Å². The lowest BCUT2D eigenvalue weighted by molar-refractivity contribution is 0.0699. The average Bonchev–Trinajstić information content (AvgIpc) is 2.90. The van der Waals surface area contributed by atoms with E-state index in [9.17, 15) is 9.90 Å². The Morgan fingerprint density at radius 1 is 1.40 bits per heavy atom. The molecule has 0 bridgehead atoms. The van der Waals surface area contributed by atoms with Crippen LogP contribution in [0.4, 0.5) is 0 Å². The van der Waals surface area contributed by atoms with Gasteiger partial charge in [0.05, 0.1) is 17.1 Å². The van der Waals surface area contributed by atoms with Gasteiger partial charge in [-0.2, -0.15) is 0 Å². The van der Waals surface area contributed by atoms with Crippen molar-refractivity contribution in [2.75, 3.05) is 0 Å². The van der Waals surface area contributed by atoms with E-state index in [0.29, 0.717) is 17.5 Å². The monoisotopic (exact) mass is 273 g/mol. The molecule has 0 aliphatic heterocycles. The molecule has 1 aromatic heterocycles. The maximum Gasteiger partial charge on any atom is 0.338 e. The summed E-state index contributed by atoms with van der Waals surface area (Å²) in [6.07, 6.45) is 5.95. The highest BCUT2D eigenvalue weighted by Gasteiger charge is 2.28. The van der Waals surface area contributed by atoms with Crippen LogP contribution in [-0.2, 0) is 0 Å². The summed E-state index contributed by atoms with van der Waals surface area (Å²) >= 11 is 0. The molecule has 2 aromatic rings. The molecule has 1 N–H and O–H groups in total. The Morgan fingerprint density at radius 2 is 2.20 bits per heavy atom. The number of carboxylic acids is 1. The fourth-order valence-electron chi connectivity index (χ4n) is 3.37. The van der Waals surface area contributed by atoms with E-state index in [1.54, 1.807) is 12.1 Å². The zero-order valence-corrected chi connectivity index (χ0v) is 11.6. The summed E-state index contributed by atoms with van der Waals surface area (Å²) in [5, 5.41) is 17.6. The van der Waals surface area contributed by atoms with Gasteiger partial charge in [-0.25, -0.2) is 9.48 Å². The molecule has 5 heteroatoms. The van der Waals surface area contributed by atoms with Gasteiger partial charge in [0, 0.05) is 0 Å². The Balaban J connectivity index is 2.08. The minimum atomic E-state index is -0.946. The van der Waals surface area contributed by atoms with Gasteiger partial charge >= 0.3 is 5.97 Å². The van der Waals surface area contributed by atoms with Crippen molar-refractivity contribution in [1.29, 1.82) is 0 Å². The molecule has 1 aliphatic rings. The predicted molar refractivity (Wildman–Crippen MR) is 75.8 cm³/mol. The summed E-state index contributed by atoms with van der Waals surface area (Å²) in [5.74, 6) is -0.333. The summed E-state index contributed by atoms with van der Waals surface area (Å²) in [5.41, 5.74) is 1.58. The third-order valence-electron chi connectivity index (χ3n) is 4.44. The molecule has 1 fully saturated rings. The van der Waals surface area contributed by atoms with E-state index in [-0.39, 0.29) is 5.56 Å². The number of benzene rings is 1. The van der Waals surface area contributed by atoms with Gasteiger partial charge in [0.15, 0.2) is 0 Å². The van der Waals surface area contributed by atoms with Crippen molar-refractivity contribution in [1.82, 2.24) is 15.0 Å². The first-order valence-electron chi connectivity index (χ1n) is 7.29. The van der Waals surface area contributed by atoms with Crippen LogP contribution in [0.2, 0.25) is 0 Å². The van der Waals surface area contributed by atoms with Gasteiger partial charge < -0.3 is 5.11 Å². The first kappa shape index (κ1) is 13.1. The molecule has 5 nitrogen and oxygen atoms in total. The van der Waals surface area contributed by atoms with E-state index in [1.165, 1.54) is 19.3 Å². The van der Waals surface area contributed by atoms with Gasteiger partial charge in [0.25, 0.3) is 0 Å². The highest BCUT2D eigenvalue weighted by molar-refractivity contribution is 6.00. The maximum atomic E-state index is 11.2. The van der Waals surface area contributed by atoms with Crippen molar-refractivity contribution in [2.24, 2.45) is 5.92 Å². The number of rotatable bonds is 3. The fourth-order valence-corrected chi connectivity index (χ4v) is 3.37. The number of aromatic nitrogens is 3. The van der Waals surface area contributed by atoms with Gasteiger partial charge in [-0.15, -0.1) is 5.10 Å². The molecule has 1 heterocycles. The lowest BCUT2D eigenvalue weighted by Gasteiger charge is -2.30. The van der Waals surface area contributed by atoms with Crippen molar-refractivity contribution in [3.8, 4) is 0 Å². The van der Waals surface area contributed by atoms with Crippen molar-refractivity contribution in [2.45, 2.75) is 45.1 Å². The molecule has 2 atom stereocenters. The quantitative estimate of drug-likeness (QED) is 0.931. The highest BCUT2D eigenvalue weighted by atomic mass is 16.4. The third-order valence-corrected chi connectivity index (χ3v) is 4.44. The third kappa shape index (κ3) is 2.07. The Hall–Kier alpha value is -1.91. The molecule has 2 unspecified atom stereocenters. The second-order valence-corrected chi connectivity index (χ2v) is 5.53. The van der Waals surface area contributed by atoms with E-state index >= 15 is 0 Å². The van der Waals surface area contributed by atoms with Crippen LogP contribution in [0.25, 0.3) is 11.0 Å².